The molecule has 3 N–H and O–H groups in total. The van der Waals surface area contributed by atoms with E-state index >= 15 is 0 Å². The molecule has 10 heteroatoms. The van der Waals surface area contributed by atoms with Crippen molar-refractivity contribution in [3.63, 3.8) is 0 Å². The van der Waals surface area contributed by atoms with E-state index in [1.54, 1.807) is 36.7 Å². The predicted octanol–water partition coefficient (Wildman–Crippen LogP) is 4.10. The largest absolute Gasteiger partial charge is 0.481 e. The van der Waals surface area contributed by atoms with Gasteiger partial charge in [-0.1, -0.05) is 29.8 Å². The molecule has 0 spiro atoms. The van der Waals surface area contributed by atoms with Crippen LogP contribution in [0.2, 0.25) is 5.02 Å². The molecule has 200 valence electrons. The zero-order chi connectivity index (χ0) is 27.5. The molecule has 5 rings (SSSR count). The van der Waals surface area contributed by atoms with E-state index in [0.717, 1.165) is 16.7 Å². The number of anilines is 1. The number of hydrogen-bond donors (Lipinski definition) is 3. The number of aliphatic hydroxyl groups is 2. The summed E-state index contributed by atoms with van der Waals surface area (Å²) in [4.78, 5) is 28.5. The van der Waals surface area contributed by atoms with Gasteiger partial charge in [-0.3, -0.25) is 19.7 Å². The molecule has 4 heterocycles. The minimum Gasteiger partial charge on any atom is -0.481 e. The normalized spacial score (nSPS) is 13.7. The van der Waals surface area contributed by atoms with Gasteiger partial charge in [0.15, 0.2) is 0 Å². The highest BCUT2D eigenvalue weighted by Crippen LogP contribution is 2.37. The van der Waals surface area contributed by atoms with Gasteiger partial charge < -0.3 is 20.3 Å². The van der Waals surface area contributed by atoms with Gasteiger partial charge >= 0.3 is 0 Å². The third kappa shape index (κ3) is 5.62. The molecule has 0 atom stereocenters. The number of nitrogens with one attached hydrogen (secondary N) is 1. The number of methoxy groups -OCH3 is 1. The second-order valence-electron chi connectivity index (χ2n) is 9.38. The zero-order valence-electron chi connectivity index (χ0n) is 21.6. The molecule has 0 unspecified atom stereocenters. The number of benzene rings is 1. The van der Waals surface area contributed by atoms with E-state index in [-0.39, 0.29) is 18.6 Å². The van der Waals surface area contributed by atoms with Crippen molar-refractivity contribution in [3.05, 3.63) is 88.3 Å². The summed E-state index contributed by atoms with van der Waals surface area (Å²) in [5.74, 6) is 0.000513. The molecule has 0 saturated carbocycles. The quantitative estimate of drug-likeness (QED) is 0.303. The first-order chi connectivity index (χ1) is 18.9. The van der Waals surface area contributed by atoms with Gasteiger partial charge in [-0.2, -0.15) is 0 Å². The van der Waals surface area contributed by atoms with E-state index in [1.807, 2.05) is 31.2 Å². The smallest absolute Gasteiger partial charge is 0.274 e. The number of halogens is 1. The Morgan fingerprint density at radius 3 is 2.64 bits per heavy atom. The van der Waals surface area contributed by atoms with Crippen molar-refractivity contribution >= 4 is 23.2 Å². The summed E-state index contributed by atoms with van der Waals surface area (Å²) >= 11 is 6.84. The number of hydrogen-bond acceptors (Lipinski definition) is 8. The van der Waals surface area contributed by atoms with Crippen LogP contribution < -0.4 is 10.1 Å². The van der Waals surface area contributed by atoms with E-state index in [9.17, 15) is 15.0 Å². The monoisotopic (exact) mass is 545 g/mol. The lowest BCUT2D eigenvalue weighted by Crippen LogP contribution is -2.49. The van der Waals surface area contributed by atoms with Gasteiger partial charge in [0, 0.05) is 54.4 Å². The van der Waals surface area contributed by atoms with Crippen LogP contribution in [-0.2, 0) is 13.2 Å². The van der Waals surface area contributed by atoms with Crippen molar-refractivity contribution in [1.29, 1.82) is 0 Å². The number of amides is 1. The van der Waals surface area contributed by atoms with Crippen LogP contribution in [0.25, 0.3) is 22.5 Å². The van der Waals surface area contributed by atoms with E-state index in [4.69, 9.17) is 16.3 Å². The third-order valence-electron chi connectivity index (χ3n) is 6.71. The van der Waals surface area contributed by atoms with Gasteiger partial charge in [-0.25, -0.2) is 4.98 Å². The SMILES string of the molecule is COc1nc(-c2ccnc(-c3cccc(NC(=O)c4ccc(CN5CC(O)C5)cn4)c3C)c2Cl)ccc1CO. The number of β-amino-alcohol motifs (C(OH)–C–C–N with tert-alkyl or cyclic N) is 1. The maximum Gasteiger partial charge on any atom is 0.274 e. The summed E-state index contributed by atoms with van der Waals surface area (Å²) < 4.78 is 5.31. The van der Waals surface area contributed by atoms with Crippen molar-refractivity contribution in [3.8, 4) is 28.4 Å². The Labute approximate surface area is 231 Å². The highest BCUT2D eigenvalue weighted by Gasteiger charge is 2.24. The second-order valence-corrected chi connectivity index (χ2v) is 9.75. The molecular formula is C29H28ClN5O4. The van der Waals surface area contributed by atoms with Crippen LogP contribution in [0.4, 0.5) is 5.69 Å². The number of ether oxygens (including phenoxy) is 1. The average Bonchev–Trinajstić information content (AvgIpc) is 2.93. The fourth-order valence-corrected chi connectivity index (χ4v) is 4.85. The summed E-state index contributed by atoms with van der Waals surface area (Å²) in [5.41, 5.74) is 5.83. The van der Waals surface area contributed by atoms with Gasteiger partial charge in [0.05, 0.1) is 36.2 Å². The lowest BCUT2D eigenvalue weighted by atomic mass is 10.0. The van der Waals surface area contributed by atoms with Crippen molar-refractivity contribution in [2.75, 3.05) is 25.5 Å². The van der Waals surface area contributed by atoms with E-state index in [2.05, 4.69) is 25.2 Å². The molecule has 4 aromatic rings. The molecule has 0 bridgehead atoms. The number of carbonyl (C=O) groups excluding carboxylic acids is 1. The van der Waals surface area contributed by atoms with E-state index < -0.39 is 0 Å². The standard InChI is InChI=1S/C29H28ClN5O4/c1-17-21(27-26(30)22(10-11-31-27)24-9-7-19(16-36)29(34-24)39-2)4-3-5-23(17)33-28(38)25-8-6-18(12-32-25)13-35-14-20(37)15-35/h3-12,20,36-37H,13-16H2,1-2H3,(H,33,38). The Morgan fingerprint density at radius 2 is 1.95 bits per heavy atom. The van der Waals surface area contributed by atoms with Crippen molar-refractivity contribution in [2.45, 2.75) is 26.2 Å². The Morgan fingerprint density at radius 1 is 1.13 bits per heavy atom. The van der Waals surface area contributed by atoms with Crippen molar-refractivity contribution in [2.24, 2.45) is 0 Å². The Hall–Kier alpha value is -3.89. The second kappa shape index (κ2) is 11.5. The first-order valence-corrected chi connectivity index (χ1v) is 12.8. The maximum absolute atomic E-state index is 13.0. The Bertz CT molecular complexity index is 1510. The van der Waals surface area contributed by atoms with Gasteiger partial charge in [-0.05, 0) is 48.4 Å². The molecule has 9 nitrogen and oxygen atoms in total. The summed E-state index contributed by atoms with van der Waals surface area (Å²) in [6.45, 7) is 3.70. The first-order valence-electron chi connectivity index (χ1n) is 12.4. The van der Waals surface area contributed by atoms with Crippen LogP contribution in [-0.4, -0.2) is 62.3 Å². The highest BCUT2D eigenvalue weighted by molar-refractivity contribution is 6.35. The first kappa shape index (κ1) is 26.7. The van der Waals surface area contributed by atoms with Gasteiger partial charge in [-0.15, -0.1) is 0 Å². The van der Waals surface area contributed by atoms with E-state index in [1.165, 1.54) is 7.11 Å². The number of carbonyl (C=O) groups is 1. The molecule has 3 aromatic heterocycles. The number of aliphatic hydroxyl groups excluding tert-OH is 2. The fourth-order valence-electron chi connectivity index (χ4n) is 4.54. The van der Waals surface area contributed by atoms with Crippen LogP contribution in [0, 0.1) is 6.92 Å². The fraction of sp³-hybridized carbons (Fsp3) is 0.241. The summed E-state index contributed by atoms with van der Waals surface area (Å²) in [6.07, 6.45) is 3.09. The lowest BCUT2D eigenvalue weighted by Gasteiger charge is -2.35. The molecular weight excluding hydrogens is 518 g/mol. The average molecular weight is 546 g/mol. The van der Waals surface area contributed by atoms with Crippen molar-refractivity contribution < 1.29 is 19.7 Å². The topological polar surface area (TPSA) is 121 Å². The molecule has 1 aliphatic heterocycles. The Balaban J connectivity index is 1.38. The number of pyridine rings is 3. The van der Waals surface area contributed by atoms with Crippen LogP contribution in [0.1, 0.15) is 27.2 Å². The molecule has 1 saturated heterocycles. The molecule has 1 aromatic carbocycles. The molecule has 39 heavy (non-hydrogen) atoms. The summed E-state index contributed by atoms with van der Waals surface area (Å²) in [7, 11) is 1.50. The van der Waals surface area contributed by atoms with E-state index in [0.29, 0.717) is 64.4 Å². The highest BCUT2D eigenvalue weighted by atomic mass is 35.5. The van der Waals surface area contributed by atoms with Gasteiger partial charge in [0.2, 0.25) is 5.88 Å². The van der Waals surface area contributed by atoms with Crippen LogP contribution in [0.5, 0.6) is 5.88 Å². The van der Waals surface area contributed by atoms with Crippen LogP contribution >= 0.6 is 11.6 Å². The molecule has 0 aliphatic carbocycles. The Kier molecular flexibility index (Phi) is 7.85. The number of aromatic nitrogens is 3. The van der Waals surface area contributed by atoms with Crippen LogP contribution in [0.3, 0.4) is 0 Å². The predicted molar refractivity (Wildman–Crippen MR) is 149 cm³/mol. The van der Waals surface area contributed by atoms with Crippen molar-refractivity contribution in [1.82, 2.24) is 19.9 Å². The molecule has 0 radical (unpaired) electrons. The maximum atomic E-state index is 13.0. The lowest BCUT2D eigenvalue weighted by molar-refractivity contribution is -0.00291. The minimum atomic E-state index is -0.325. The number of nitrogens with zero attached hydrogens (tertiary/aromatic N) is 4. The van der Waals surface area contributed by atoms with Crippen LogP contribution in [0.15, 0.2) is 60.9 Å². The van der Waals surface area contributed by atoms with Gasteiger partial charge in [0.25, 0.3) is 5.91 Å². The molecule has 1 aliphatic rings. The summed E-state index contributed by atoms with van der Waals surface area (Å²) in [6, 6.07) is 14.4. The summed E-state index contributed by atoms with van der Waals surface area (Å²) in [5, 5.41) is 22.3. The number of likely N-dealkylation sites (tertiary alicyclic amines) is 1. The van der Waals surface area contributed by atoms with Gasteiger partial charge in [0.1, 0.15) is 5.69 Å². The molecule has 1 amide bonds. The molecule has 1 fully saturated rings. The zero-order valence-corrected chi connectivity index (χ0v) is 22.3. The minimum absolute atomic E-state index is 0.188. The third-order valence-corrected chi connectivity index (χ3v) is 7.09. The number of rotatable bonds is 8.